The summed E-state index contributed by atoms with van der Waals surface area (Å²) in [5.41, 5.74) is 1.03. The molecule has 0 unspecified atom stereocenters. The minimum atomic E-state index is 0.0199. The van der Waals surface area contributed by atoms with Crippen molar-refractivity contribution < 1.29 is 5.11 Å². The number of hydrogen-bond acceptors (Lipinski definition) is 3. The Balaban J connectivity index is 3.35. The second-order valence-electron chi connectivity index (χ2n) is 2.74. The van der Waals surface area contributed by atoms with Gasteiger partial charge in [-0.3, -0.25) is 0 Å². The van der Waals surface area contributed by atoms with Crippen molar-refractivity contribution in [2.24, 2.45) is 0 Å². The number of aromatic hydroxyl groups is 1. The van der Waals surface area contributed by atoms with E-state index in [2.05, 4.69) is 0 Å². The number of allylic oxidation sites excluding steroid dienone is 2. The first-order valence-electron chi connectivity index (χ1n) is 4.00. The summed E-state index contributed by atoms with van der Waals surface area (Å²) in [6.07, 6.45) is 0. The van der Waals surface area contributed by atoms with Crippen molar-refractivity contribution in [3.63, 3.8) is 0 Å². The van der Waals surface area contributed by atoms with Crippen LogP contribution >= 0.6 is 0 Å². The molecule has 0 saturated carbocycles. The molecular weight excluding hydrogens is 176 g/mol. The van der Waals surface area contributed by atoms with Gasteiger partial charge in [0.25, 0.3) is 0 Å². The highest BCUT2D eigenvalue weighted by atomic mass is 16.3. The molecule has 0 atom stereocenters. The van der Waals surface area contributed by atoms with Gasteiger partial charge in [-0.15, -0.1) is 0 Å². The van der Waals surface area contributed by atoms with Crippen molar-refractivity contribution in [2.45, 2.75) is 6.92 Å². The highest BCUT2D eigenvalue weighted by molar-refractivity contribution is 5.76. The van der Waals surface area contributed by atoms with E-state index < -0.39 is 0 Å². The molecule has 0 radical (unpaired) electrons. The van der Waals surface area contributed by atoms with Gasteiger partial charge in [0, 0.05) is 5.56 Å². The Morgan fingerprint density at radius 1 is 1.21 bits per heavy atom. The van der Waals surface area contributed by atoms with Gasteiger partial charge >= 0.3 is 0 Å². The summed E-state index contributed by atoms with van der Waals surface area (Å²) in [6.45, 7) is 1.64. The Kier molecular flexibility index (Phi) is 2.89. The van der Waals surface area contributed by atoms with Crippen LogP contribution in [0.5, 0.6) is 5.75 Å². The highest BCUT2D eigenvalue weighted by Crippen LogP contribution is 2.26. The number of nitrogens with zero attached hydrogens (tertiary/aromatic N) is 2. The fraction of sp³-hybridized carbons (Fsp3) is 0.0909. The molecule has 0 aromatic heterocycles. The van der Waals surface area contributed by atoms with E-state index in [1.54, 1.807) is 37.3 Å². The van der Waals surface area contributed by atoms with E-state index >= 15 is 0 Å². The smallest absolute Gasteiger partial charge is 0.133 e. The average molecular weight is 184 g/mol. The Labute approximate surface area is 82.1 Å². The fourth-order valence-corrected chi connectivity index (χ4v) is 1.12. The lowest BCUT2D eigenvalue weighted by atomic mass is 10.0. The molecule has 1 aromatic rings. The minimum Gasteiger partial charge on any atom is -0.507 e. The van der Waals surface area contributed by atoms with Crippen LogP contribution in [0.15, 0.2) is 29.8 Å². The molecule has 1 aromatic carbocycles. The maximum atomic E-state index is 9.47. The third-order valence-electron chi connectivity index (χ3n) is 1.91. The Morgan fingerprint density at radius 3 is 2.29 bits per heavy atom. The lowest BCUT2D eigenvalue weighted by Crippen LogP contribution is -1.85. The first-order valence-corrected chi connectivity index (χ1v) is 4.00. The molecule has 0 fully saturated rings. The summed E-state index contributed by atoms with van der Waals surface area (Å²) in [7, 11) is 0. The zero-order chi connectivity index (χ0) is 10.6. The zero-order valence-corrected chi connectivity index (χ0v) is 7.65. The number of rotatable bonds is 1. The van der Waals surface area contributed by atoms with Gasteiger partial charge in [-0.1, -0.05) is 18.2 Å². The second-order valence-corrected chi connectivity index (χ2v) is 2.74. The summed E-state index contributed by atoms with van der Waals surface area (Å²) in [5.74, 6) is 0.0769. The molecule has 14 heavy (non-hydrogen) atoms. The molecule has 3 nitrogen and oxygen atoms in total. The number of benzene rings is 1. The number of para-hydroxylation sites is 1. The topological polar surface area (TPSA) is 67.8 Å². The highest BCUT2D eigenvalue weighted by Gasteiger charge is 2.06. The summed E-state index contributed by atoms with van der Waals surface area (Å²) in [4.78, 5) is 0. The Hall–Kier alpha value is -2.26. The lowest BCUT2D eigenvalue weighted by Gasteiger charge is -2.03. The summed E-state index contributed by atoms with van der Waals surface area (Å²) in [6, 6.07) is 10.2. The molecule has 1 N–H and O–H groups in total. The van der Waals surface area contributed by atoms with E-state index in [4.69, 9.17) is 10.5 Å². The van der Waals surface area contributed by atoms with Crippen molar-refractivity contribution >= 4 is 5.57 Å². The van der Waals surface area contributed by atoms with Crippen molar-refractivity contribution in [3.05, 3.63) is 35.4 Å². The first kappa shape index (κ1) is 9.83. The SMILES string of the molecule is CC(=C(C#N)C#N)c1ccccc1O. The van der Waals surface area contributed by atoms with E-state index in [9.17, 15) is 5.11 Å². The molecule has 0 amide bonds. The maximum absolute atomic E-state index is 9.47. The summed E-state index contributed by atoms with van der Waals surface area (Å²) < 4.78 is 0. The Bertz CT molecular complexity index is 445. The summed E-state index contributed by atoms with van der Waals surface area (Å²) in [5, 5.41) is 26.7. The molecule has 0 saturated heterocycles. The van der Waals surface area contributed by atoms with E-state index in [1.165, 1.54) is 6.07 Å². The molecule has 0 bridgehead atoms. The molecule has 68 valence electrons. The van der Waals surface area contributed by atoms with Gasteiger partial charge in [0.15, 0.2) is 0 Å². The van der Waals surface area contributed by atoms with Crippen molar-refractivity contribution in [1.29, 1.82) is 10.5 Å². The number of nitriles is 2. The van der Waals surface area contributed by atoms with Gasteiger partial charge in [-0.2, -0.15) is 10.5 Å². The van der Waals surface area contributed by atoms with Crippen molar-refractivity contribution in [2.75, 3.05) is 0 Å². The molecule has 0 spiro atoms. The van der Waals surface area contributed by atoms with Crippen LogP contribution in [-0.2, 0) is 0 Å². The number of hydrogen-bond donors (Lipinski definition) is 1. The first-order chi connectivity index (χ1) is 6.70. The number of phenols is 1. The van der Waals surface area contributed by atoms with Crippen LogP contribution in [0.4, 0.5) is 0 Å². The third-order valence-corrected chi connectivity index (χ3v) is 1.91. The van der Waals surface area contributed by atoms with Crippen LogP contribution in [0.25, 0.3) is 5.57 Å². The molecular formula is C11H8N2O. The molecule has 1 rings (SSSR count). The van der Waals surface area contributed by atoms with Crippen LogP contribution in [-0.4, -0.2) is 5.11 Å². The van der Waals surface area contributed by atoms with Gasteiger partial charge in [0.2, 0.25) is 0 Å². The van der Waals surface area contributed by atoms with Gasteiger partial charge < -0.3 is 5.11 Å². The Morgan fingerprint density at radius 2 is 1.79 bits per heavy atom. The normalized spacial score (nSPS) is 8.50. The minimum absolute atomic E-state index is 0.0199. The van der Waals surface area contributed by atoms with Crippen LogP contribution in [0.3, 0.4) is 0 Å². The van der Waals surface area contributed by atoms with Crippen LogP contribution in [0, 0.1) is 22.7 Å². The van der Waals surface area contributed by atoms with E-state index in [0.717, 1.165) is 0 Å². The van der Waals surface area contributed by atoms with Crippen LogP contribution in [0.1, 0.15) is 12.5 Å². The third kappa shape index (κ3) is 1.73. The second kappa shape index (κ2) is 4.11. The van der Waals surface area contributed by atoms with Crippen molar-refractivity contribution in [3.8, 4) is 17.9 Å². The summed E-state index contributed by atoms with van der Waals surface area (Å²) >= 11 is 0. The van der Waals surface area contributed by atoms with Gasteiger partial charge in [0.05, 0.1) is 0 Å². The van der Waals surface area contributed by atoms with Crippen molar-refractivity contribution in [1.82, 2.24) is 0 Å². The molecule has 0 aliphatic carbocycles. The quantitative estimate of drug-likeness (QED) is 0.680. The van der Waals surface area contributed by atoms with Crippen LogP contribution < -0.4 is 0 Å². The molecule has 3 heteroatoms. The monoisotopic (exact) mass is 184 g/mol. The fourth-order valence-electron chi connectivity index (χ4n) is 1.12. The largest absolute Gasteiger partial charge is 0.507 e. The van der Waals surface area contributed by atoms with Crippen LogP contribution in [0.2, 0.25) is 0 Å². The number of phenolic OH excluding ortho intramolecular Hbond substituents is 1. The van der Waals surface area contributed by atoms with Gasteiger partial charge in [0.1, 0.15) is 23.5 Å². The predicted molar refractivity (Wildman–Crippen MR) is 51.9 cm³/mol. The van der Waals surface area contributed by atoms with E-state index in [0.29, 0.717) is 11.1 Å². The van der Waals surface area contributed by atoms with E-state index in [-0.39, 0.29) is 11.3 Å². The van der Waals surface area contributed by atoms with Gasteiger partial charge in [-0.25, -0.2) is 0 Å². The molecule has 0 aliphatic heterocycles. The zero-order valence-electron chi connectivity index (χ0n) is 7.65. The molecule has 0 heterocycles. The molecule has 0 aliphatic rings. The van der Waals surface area contributed by atoms with Gasteiger partial charge in [-0.05, 0) is 18.6 Å². The lowest BCUT2D eigenvalue weighted by molar-refractivity contribution is 0.473. The average Bonchev–Trinajstić information content (AvgIpc) is 2.20. The predicted octanol–water partition coefficient (Wildman–Crippen LogP) is 2.21. The standard InChI is InChI=1S/C11H8N2O/c1-8(9(6-12)7-13)10-4-2-3-5-11(10)14/h2-5,14H,1H3. The van der Waals surface area contributed by atoms with E-state index in [1.807, 2.05) is 0 Å². The maximum Gasteiger partial charge on any atom is 0.133 e.